The summed E-state index contributed by atoms with van der Waals surface area (Å²) in [5.74, 6) is -3.48. The fourth-order valence-electron chi connectivity index (χ4n) is 5.11. The average molecular weight is 593 g/mol. The molecule has 4 rings (SSSR count). The Kier molecular flexibility index (Phi) is 10.3. The lowest BCUT2D eigenvalue weighted by atomic mass is 10.0. The zero-order valence-electron chi connectivity index (χ0n) is 23.8. The van der Waals surface area contributed by atoms with Gasteiger partial charge >= 0.3 is 0 Å². The number of phenols is 1. The van der Waals surface area contributed by atoms with Crippen LogP contribution in [0.5, 0.6) is 5.75 Å². The van der Waals surface area contributed by atoms with Crippen molar-refractivity contribution in [2.24, 2.45) is 0 Å². The lowest BCUT2D eigenvalue weighted by molar-refractivity contribution is -0.142. The summed E-state index contributed by atoms with van der Waals surface area (Å²) in [6.07, 6.45) is 1.07. The number of hydrogen-bond donors (Lipinski definition) is 6. The van der Waals surface area contributed by atoms with Crippen LogP contribution in [0.25, 0.3) is 0 Å². The number of phenolic OH excluding ortho intramolecular Hbond substituents is 1. The molecule has 6 N–H and O–H groups in total. The van der Waals surface area contributed by atoms with Crippen LogP contribution >= 0.6 is 0 Å². The third kappa shape index (κ3) is 8.53. The Labute approximate surface area is 248 Å². The SMILES string of the molecule is C[C@@H]1NC(=O)CNC(=O)[C@@H]2CCCN2C(=O)[C@H](Cc2ccc(O)cc2)NC(=O)[C@H](Cc2ccccc2)NC(=O)CNC1=O. The maximum Gasteiger partial charge on any atom is 0.246 e. The first-order valence-corrected chi connectivity index (χ1v) is 14.2. The Hall–Kier alpha value is -4.94. The second-order valence-corrected chi connectivity index (χ2v) is 10.7. The van der Waals surface area contributed by atoms with E-state index in [1.54, 1.807) is 36.4 Å². The topological polar surface area (TPSA) is 186 Å². The highest BCUT2D eigenvalue weighted by Gasteiger charge is 2.38. The van der Waals surface area contributed by atoms with Gasteiger partial charge in [0.1, 0.15) is 29.9 Å². The van der Waals surface area contributed by atoms with E-state index in [1.807, 2.05) is 6.07 Å². The summed E-state index contributed by atoms with van der Waals surface area (Å²) in [7, 11) is 0. The number of aromatic hydroxyl groups is 1. The second-order valence-electron chi connectivity index (χ2n) is 10.7. The van der Waals surface area contributed by atoms with Crippen molar-refractivity contribution in [2.45, 2.75) is 56.8 Å². The van der Waals surface area contributed by atoms with Gasteiger partial charge in [0, 0.05) is 19.4 Å². The molecule has 2 aliphatic heterocycles. The molecule has 0 unspecified atom stereocenters. The molecule has 43 heavy (non-hydrogen) atoms. The van der Waals surface area contributed by atoms with Gasteiger partial charge in [0.2, 0.25) is 35.4 Å². The minimum Gasteiger partial charge on any atom is -0.508 e. The Balaban J connectivity index is 1.65. The molecule has 228 valence electrons. The largest absolute Gasteiger partial charge is 0.508 e. The molecule has 0 radical (unpaired) electrons. The van der Waals surface area contributed by atoms with Gasteiger partial charge in [-0.3, -0.25) is 28.8 Å². The fraction of sp³-hybridized carbons (Fsp3) is 0.400. The molecule has 13 nitrogen and oxygen atoms in total. The lowest BCUT2D eigenvalue weighted by Gasteiger charge is -2.30. The molecule has 2 aromatic rings. The van der Waals surface area contributed by atoms with Crippen LogP contribution in [0.4, 0.5) is 0 Å². The molecule has 6 amide bonds. The Morgan fingerprint density at radius 1 is 0.721 bits per heavy atom. The molecule has 2 aromatic carbocycles. The minimum absolute atomic E-state index is 0.0382. The molecule has 2 saturated heterocycles. The van der Waals surface area contributed by atoms with E-state index in [9.17, 15) is 33.9 Å². The van der Waals surface area contributed by atoms with E-state index in [2.05, 4.69) is 26.6 Å². The molecule has 2 fully saturated rings. The summed E-state index contributed by atoms with van der Waals surface area (Å²) in [5, 5.41) is 22.6. The van der Waals surface area contributed by atoms with Crippen molar-refractivity contribution < 1.29 is 33.9 Å². The molecule has 13 heteroatoms. The number of nitrogens with one attached hydrogen (secondary N) is 5. The number of amides is 6. The zero-order valence-corrected chi connectivity index (χ0v) is 23.8. The Morgan fingerprint density at radius 3 is 2.02 bits per heavy atom. The van der Waals surface area contributed by atoms with Crippen molar-refractivity contribution in [3.05, 3.63) is 65.7 Å². The van der Waals surface area contributed by atoms with Crippen molar-refractivity contribution in [3.8, 4) is 5.75 Å². The predicted molar refractivity (Wildman–Crippen MR) is 154 cm³/mol. The van der Waals surface area contributed by atoms with Crippen molar-refractivity contribution in [2.75, 3.05) is 19.6 Å². The maximum absolute atomic E-state index is 13.9. The molecular weight excluding hydrogens is 556 g/mol. The summed E-state index contributed by atoms with van der Waals surface area (Å²) in [6, 6.07) is 11.1. The molecule has 2 aliphatic rings. The van der Waals surface area contributed by atoms with Crippen LogP contribution in [0.2, 0.25) is 0 Å². The highest BCUT2D eigenvalue weighted by molar-refractivity contribution is 5.97. The fourth-order valence-corrected chi connectivity index (χ4v) is 5.11. The highest BCUT2D eigenvalue weighted by Crippen LogP contribution is 2.20. The third-order valence-electron chi connectivity index (χ3n) is 7.38. The summed E-state index contributed by atoms with van der Waals surface area (Å²) in [4.78, 5) is 79.8. The number of carbonyl (C=O) groups is 6. The van der Waals surface area contributed by atoms with Gasteiger partial charge in [-0.1, -0.05) is 42.5 Å². The predicted octanol–water partition coefficient (Wildman–Crippen LogP) is -1.11. The summed E-state index contributed by atoms with van der Waals surface area (Å²) in [5.41, 5.74) is 1.40. The van der Waals surface area contributed by atoms with Crippen LogP contribution in [0.3, 0.4) is 0 Å². The van der Waals surface area contributed by atoms with Crippen LogP contribution in [-0.2, 0) is 41.6 Å². The molecule has 2 heterocycles. The van der Waals surface area contributed by atoms with E-state index >= 15 is 0 Å². The van der Waals surface area contributed by atoms with Crippen molar-refractivity contribution in [1.82, 2.24) is 31.5 Å². The van der Waals surface area contributed by atoms with Gasteiger partial charge in [-0.2, -0.15) is 0 Å². The van der Waals surface area contributed by atoms with E-state index in [0.717, 1.165) is 5.56 Å². The van der Waals surface area contributed by atoms with Gasteiger partial charge in [0.25, 0.3) is 0 Å². The lowest BCUT2D eigenvalue weighted by Crippen LogP contribution is -2.59. The molecule has 4 atom stereocenters. The normalized spacial score (nSPS) is 24.4. The quantitative estimate of drug-likeness (QED) is 0.260. The third-order valence-corrected chi connectivity index (χ3v) is 7.38. The van der Waals surface area contributed by atoms with Crippen LogP contribution in [0.1, 0.15) is 30.9 Å². The molecule has 0 spiro atoms. The van der Waals surface area contributed by atoms with E-state index in [1.165, 1.54) is 24.0 Å². The second kappa shape index (κ2) is 14.3. The van der Waals surface area contributed by atoms with E-state index in [0.29, 0.717) is 18.4 Å². The monoisotopic (exact) mass is 592 g/mol. The molecular formula is C30H36N6O7. The summed E-state index contributed by atoms with van der Waals surface area (Å²) >= 11 is 0. The van der Waals surface area contributed by atoms with Crippen molar-refractivity contribution >= 4 is 35.4 Å². The van der Waals surface area contributed by atoms with E-state index < -0.39 is 72.7 Å². The molecule has 0 bridgehead atoms. The van der Waals surface area contributed by atoms with Gasteiger partial charge in [0.15, 0.2) is 0 Å². The smallest absolute Gasteiger partial charge is 0.246 e. The Bertz CT molecular complexity index is 1350. The standard InChI is InChI=1S/C30H36N6O7/c1-18-27(40)31-17-26(39)34-22(14-19-6-3-2-4-7-19)28(41)35-23(15-20-9-11-21(37)12-10-20)30(43)36-13-5-8-24(36)29(42)32-16-25(38)33-18/h2-4,6-7,9-12,18,22-24,37H,5,8,13-17H2,1H3,(H,31,40)(H,32,42)(H,33,38)(H,34,39)(H,35,41)/t18-,22-,23-,24-/m0/s1. The summed E-state index contributed by atoms with van der Waals surface area (Å²) in [6.45, 7) is 0.832. The molecule has 0 aliphatic carbocycles. The van der Waals surface area contributed by atoms with E-state index in [-0.39, 0.29) is 25.1 Å². The van der Waals surface area contributed by atoms with Gasteiger partial charge in [0.05, 0.1) is 13.1 Å². The van der Waals surface area contributed by atoms with E-state index in [4.69, 9.17) is 0 Å². The van der Waals surface area contributed by atoms with Crippen molar-refractivity contribution in [3.63, 3.8) is 0 Å². The number of carbonyl (C=O) groups excluding carboxylic acids is 6. The highest BCUT2D eigenvalue weighted by atomic mass is 16.3. The number of rotatable bonds is 4. The first-order valence-electron chi connectivity index (χ1n) is 14.2. The van der Waals surface area contributed by atoms with Gasteiger partial charge in [-0.25, -0.2) is 0 Å². The summed E-state index contributed by atoms with van der Waals surface area (Å²) < 4.78 is 0. The Morgan fingerprint density at radius 2 is 1.33 bits per heavy atom. The van der Waals surface area contributed by atoms with Crippen LogP contribution in [-0.4, -0.2) is 89.3 Å². The molecule has 0 saturated carbocycles. The zero-order chi connectivity index (χ0) is 30.9. The number of nitrogens with zero attached hydrogens (tertiary/aromatic N) is 1. The van der Waals surface area contributed by atoms with Gasteiger partial charge in [-0.05, 0) is 43.0 Å². The average Bonchev–Trinajstić information content (AvgIpc) is 3.49. The minimum atomic E-state index is -1.11. The van der Waals surface area contributed by atoms with Crippen LogP contribution in [0, 0.1) is 0 Å². The van der Waals surface area contributed by atoms with Crippen LogP contribution in [0.15, 0.2) is 54.6 Å². The number of fused-ring (bicyclic) bond motifs is 1. The first-order chi connectivity index (χ1) is 20.6. The maximum atomic E-state index is 13.9. The number of benzene rings is 2. The van der Waals surface area contributed by atoms with Gasteiger partial charge < -0.3 is 36.6 Å². The van der Waals surface area contributed by atoms with Gasteiger partial charge in [-0.15, -0.1) is 0 Å². The van der Waals surface area contributed by atoms with Crippen LogP contribution < -0.4 is 26.6 Å². The first kappa shape index (κ1) is 31.0. The van der Waals surface area contributed by atoms with Crippen molar-refractivity contribution in [1.29, 1.82) is 0 Å². The number of hydrogen-bond acceptors (Lipinski definition) is 7. The molecule has 0 aromatic heterocycles.